The fourth-order valence-electron chi connectivity index (χ4n) is 12.5. The summed E-state index contributed by atoms with van der Waals surface area (Å²) in [4.78, 5) is 40.3. The van der Waals surface area contributed by atoms with Crippen molar-refractivity contribution in [1.82, 2.24) is 5.32 Å². The Morgan fingerprint density at radius 2 is 0.644 bits per heavy atom. The summed E-state index contributed by atoms with van der Waals surface area (Å²) in [6.07, 6.45) is 87.6. The lowest BCUT2D eigenvalue weighted by Gasteiger charge is -2.30. The number of quaternary nitrogens is 1. The van der Waals surface area contributed by atoms with Crippen LogP contribution in [0.5, 0.6) is 0 Å². The molecule has 0 fully saturated rings. The molecule has 0 saturated carbocycles. The fraction of sp³-hybridized carbons (Fsp3) is 0.925. The molecule has 9 nitrogen and oxygen atoms in total. The molecule has 0 spiro atoms. The number of phosphoric ester groups is 1. The van der Waals surface area contributed by atoms with Gasteiger partial charge in [0.2, 0.25) is 5.91 Å². The van der Waals surface area contributed by atoms with Crippen LogP contribution in [0.1, 0.15) is 425 Å². The highest BCUT2D eigenvalue weighted by molar-refractivity contribution is 7.45. The highest BCUT2D eigenvalue weighted by Crippen LogP contribution is 2.38. The summed E-state index contributed by atoms with van der Waals surface area (Å²) >= 11 is 0. The van der Waals surface area contributed by atoms with Gasteiger partial charge < -0.3 is 28.5 Å². The number of rotatable bonds is 75. The van der Waals surface area contributed by atoms with Gasteiger partial charge in [0.25, 0.3) is 7.82 Å². The lowest BCUT2D eigenvalue weighted by atomic mass is 10.0. The van der Waals surface area contributed by atoms with Crippen molar-refractivity contribution in [3.05, 3.63) is 24.3 Å². The predicted molar refractivity (Wildman–Crippen MR) is 390 cm³/mol. The van der Waals surface area contributed by atoms with Crippen LogP contribution in [0.2, 0.25) is 0 Å². The summed E-state index contributed by atoms with van der Waals surface area (Å²) in [5, 5.41) is 3.06. The fourth-order valence-corrected chi connectivity index (χ4v) is 13.2. The Kier molecular flexibility index (Phi) is 69.1. The molecule has 0 heterocycles. The molecule has 0 rings (SSSR count). The number of esters is 1. The predicted octanol–water partition coefficient (Wildman–Crippen LogP) is 25.3. The maximum Gasteiger partial charge on any atom is 0.306 e. The summed E-state index contributed by atoms with van der Waals surface area (Å²) in [7, 11) is 1.21. The van der Waals surface area contributed by atoms with Crippen molar-refractivity contribution in [2.24, 2.45) is 0 Å². The van der Waals surface area contributed by atoms with Crippen molar-refractivity contribution in [1.29, 1.82) is 0 Å². The van der Waals surface area contributed by atoms with Crippen molar-refractivity contribution in [2.45, 2.75) is 437 Å². The topological polar surface area (TPSA) is 114 Å². The number of carbonyl (C=O) groups is 2. The van der Waals surface area contributed by atoms with Crippen LogP contribution in [0.3, 0.4) is 0 Å². The Morgan fingerprint density at radius 3 is 0.944 bits per heavy atom. The van der Waals surface area contributed by atoms with E-state index in [1.807, 2.05) is 33.3 Å². The highest BCUT2D eigenvalue weighted by Gasteiger charge is 2.27. The Balaban J connectivity index is 4.87. The number of allylic oxidation sites excluding steroid dienone is 3. The van der Waals surface area contributed by atoms with Crippen LogP contribution in [0.4, 0.5) is 0 Å². The molecule has 3 atom stereocenters. The van der Waals surface area contributed by atoms with Gasteiger partial charge in [0.05, 0.1) is 33.8 Å². The van der Waals surface area contributed by atoms with Gasteiger partial charge >= 0.3 is 5.97 Å². The summed E-state index contributed by atoms with van der Waals surface area (Å²) < 4.78 is 30.6. The van der Waals surface area contributed by atoms with E-state index in [1.54, 1.807) is 0 Å². The average Bonchev–Trinajstić information content (AvgIpc) is 3.11. The first-order valence-electron chi connectivity index (χ1n) is 40.1. The minimum atomic E-state index is -4.70. The van der Waals surface area contributed by atoms with Gasteiger partial charge in [-0.2, -0.15) is 0 Å². The van der Waals surface area contributed by atoms with Crippen molar-refractivity contribution in [3.63, 3.8) is 0 Å². The number of likely N-dealkylation sites (N-methyl/N-ethyl adjacent to an activating group) is 1. The third kappa shape index (κ3) is 70.8. The van der Waals surface area contributed by atoms with E-state index in [0.29, 0.717) is 17.4 Å². The lowest BCUT2D eigenvalue weighted by molar-refractivity contribution is -0.870. The van der Waals surface area contributed by atoms with E-state index in [-0.39, 0.29) is 31.5 Å². The number of nitrogens with zero attached hydrogens (tertiary/aromatic N) is 1. The molecule has 0 aromatic rings. The molecule has 1 N–H and O–H groups in total. The largest absolute Gasteiger partial charge is 0.756 e. The van der Waals surface area contributed by atoms with Gasteiger partial charge in [0.1, 0.15) is 19.3 Å². The van der Waals surface area contributed by atoms with Crippen molar-refractivity contribution < 1.29 is 37.3 Å². The molecule has 534 valence electrons. The number of amides is 1. The molecule has 10 heteroatoms. The van der Waals surface area contributed by atoms with Gasteiger partial charge in [-0.05, 0) is 57.4 Å². The zero-order valence-electron chi connectivity index (χ0n) is 61.4. The van der Waals surface area contributed by atoms with Gasteiger partial charge in [-0.25, -0.2) is 0 Å². The van der Waals surface area contributed by atoms with Gasteiger partial charge in [-0.15, -0.1) is 0 Å². The first-order chi connectivity index (χ1) is 43.9. The second-order valence-electron chi connectivity index (χ2n) is 28.9. The molecule has 0 saturated heterocycles. The third-order valence-corrected chi connectivity index (χ3v) is 19.6. The van der Waals surface area contributed by atoms with Crippen molar-refractivity contribution in [3.8, 4) is 0 Å². The molecule has 90 heavy (non-hydrogen) atoms. The van der Waals surface area contributed by atoms with Gasteiger partial charge in [0, 0.05) is 12.8 Å². The van der Waals surface area contributed by atoms with Crippen molar-refractivity contribution >= 4 is 19.7 Å². The molecular formula is C80H157N2O7P. The smallest absolute Gasteiger partial charge is 0.306 e. The number of unbranched alkanes of at least 4 members (excludes halogenated alkanes) is 57. The van der Waals surface area contributed by atoms with E-state index >= 15 is 0 Å². The zero-order valence-corrected chi connectivity index (χ0v) is 62.3. The second-order valence-corrected chi connectivity index (χ2v) is 30.3. The number of hydrogen-bond acceptors (Lipinski definition) is 7. The minimum Gasteiger partial charge on any atom is -0.756 e. The summed E-state index contributed by atoms with van der Waals surface area (Å²) in [5.41, 5.74) is 0. The van der Waals surface area contributed by atoms with Crippen LogP contribution in [-0.2, 0) is 27.9 Å². The number of hydrogen-bond donors (Lipinski definition) is 1. The molecule has 0 aromatic carbocycles. The molecule has 0 radical (unpaired) electrons. The van der Waals surface area contributed by atoms with E-state index in [2.05, 4.69) is 38.2 Å². The maximum absolute atomic E-state index is 13.6. The molecule has 0 aliphatic rings. The maximum atomic E-state index is 13.6. The number of ether oxygens (including phenoxy) is 1. The van der Waals surface area contributed by atoms with Crippen LogP contribution in [0, 0.1) is 0 Å². The van der Waals surface area contributed by atoms with Crippen molar-refractivity contribution in [2.75, 3.05) is 40.9 Å². The second kappa shape index (κ2) is 70.3. The SMILES string of the molecule is CCCCCCCC/C=C/CCCCCCCCCCCCCCCCCC(=O)NC(COP(=O)([O-])OCC[N+](C)(C)C)C(/C=C/CCCCCCCCCCCC)OC(=O)CCCCCCCCCCCCCCCCCCCCCCCCCCCCC. The number of carbonyl (C=O) groups excluding carboxylic acids is 2. The van der Waals surface area contributed by atoms with Crippen LogP contribution in [0.25, 0.3) is 0 Å². The van der Waals surface area contributed by atoms with Gasteiger partial charge in [0.15, 0.2) is 0 Å². The first kappa shape index (κ1) is 88.5. The molecule has 1 amide bonds. The Hall–Kier alpha value is -1.51. The normalized spacial score (nSPS) is 13.5. The van der Waals surface area contributed by atoms with E-state index in [1.165, 1.54) is 334 Å². The summed E-state index contributed by atoms with van der Waals surface area (Å²) in [6.45, 7) is 6.93. The monoisotopic (exact) mass is 1290 g/mol. The third-order valence-electron chi connectivity index (χ3n) is 18.6. The standard InChI is InChI=1S/C80H157N2O7P/c1-7-10-13-16-19-22-25-28-30-32-34-36-38-40-41-43-45-47-49-51-53-55-58-61-64-67-70-73-80(84)89-78(71-68-65-62-59-56-27-24-21-18-15-12-9-3)77(76-88-90(85,86)87-75-74-82(4,5)6)81-79(83)72-69-66-63-60-57-54-52-50-48-46-44-42-39-37-35-33-31-29-26-23-20-17-14-11-8-2/h29,31,68,71,77-78H,7-28,30,32-67,69-70,72-76H2,1-6H3,(H-,81,83,85,86)/b31-29+,71-68+. The van der Waals surface area contributed by atoms with E-state index in [9.17, 15) is 19.0 Å². The molecule has 0 bridgehead atoms. The Morgan fingerprint density at radius 1 is 0.378 bits per heavy atom. The highest BCUT2D eigenvalue weighted by atomic mass is 31.2. The van der Waals surface area contributed by atoms with Gasteiger partial charge in [-0.3, -0.25) is 14.2 Å². The van der Waals surface area contributed by atoms with Crippen LogP contribution >= 0.6 is 7.82 Å². The molecule has 0 aliphatic carbocycles. The zero-order chi connectivity index (χ0) is 65.6. The van der Waals surface area contributed by atoms with Crippen LogP contribution < -0.4 is 10.2 Å². The quantitative estimate of drug-likeness (QED) is 0.0212. The minimum absolute atomic E-state index is 0.0176. The van der Waals surface area contributed by atoms with Crippen LogP contribution in [0.15, 0.2) is 24.3 Å². The lowest BCUT2D eigenvalue weighted by Crippen LogP contribution is -2.47. The van der Waals surface area contributed by atoms with E-state index < -0.39 is 20.0 Å². The molecule has 0 aliphatic heterocycles. The Bertz CT molecular complexity index is 1580. The summed E-state index contributed by atoms with van der Waals surface area (Å²) in [6, 6.07) is -0.884. The summed E-state index contributed by atoms with van der Waals surface area (Å²) in [5.74, 6) is -0.512. The average molecular weight is 1290 g/mol. The molecular weight excluding hydrogens is 1130 g/mol. The van der Waals surface area contributed by atoms with Crippen LogP contribution in [-0.4, -0.2) is 69.4 Å². The molecule has 3 unspecified atom stereocenters. The first-order valence-corrected chi connectivity index (χ1v) is 41.6. The van der Waals surface area contributed by atoms with Gasteiger partial charge in [-0.1, -0.05) is 379 Å². The number of phosphoric acid groups is 1. The van der Waals surface area contributed by atoms with E-state index in [0.717, 1.165) is 57.8 Å². The Labute approximate surface area is 562 Å². The number of nitrogens with one attached hydrogen (secondary N) is 1. The molecule has 0 aromatic heterocycles. The van der Waals surface area contributed by atoms with E-state index in [4.69, 9.17) is 13.8 Å².